The molecular formula is C18H24N2O. The monoisotopic (exact) mass is 284 g/mol. The van der Waals surface area contributed by atoms with Gasteiger partial charge in [0, 0.05) is 24.9 Å². The maximum atomic E-state index is 10.5. The van der Waals surface area contributed by atoms with Crippen molar-refractivity contribution >= 4 is 0 Å². The van der Waals surface area contributed by atoms with Crippen LogP contribution in [0, 0.1) is 0 Å². The number of hydrogen-bond acceptors (Lipinski definition) is 2. The third kappa shape index (κ3) is 3.18. The first-order chi connectivity index (χ1) is 10.2. The van der Waals surface area contributed by atoms with E-state index in [1.165, 1.54) is 5.56 Å². The van der Waals surface area contributed by atoms with E-state index < -0.39 is 5.60 Å². The highest BCUT2D eigenvalue weighted by Gasteiger charge is 2.30. The van der Waals surface area contributed by atoms with Crippen molar-refractivity contribution < 1.29 is 5.11 Å². The summed E-state index contributed by atoms with van der Waals surface area (Å²) in [4.78, 5) is 4.54. The predicted octanol–water partition coefficient (Wildman–Crippen LogP) is 3.73. The van der Waals surface area contributed by atoms with Gasteiger partial charge < -0.3 is 9.67 Å². The van der Waals surface area contributed by atoms with Gasteiger partial charge in [-0.15, -0.1) is 0 Å². The quantitative estimate of drug-likeness (QED) is 0.908. The van der Waals surface area contributed by atoms with E-state index in [0.717, 1.165) is 44.5 Å². The first kappa shape index (κ1) is 14.3. The van der Waals surface area contributed by atoms with Crippen molar-refractivity contribution in [3.63, 3.8) is 0 Å². The van der Waals surface area contributed by atoms with Crippen molar-refractivity contribution in [1.29, 1.82) is 0 Å². The van der Waals surface area contributed by atoms with Gasteiger partial charge in [0.15, 0.2) is 0 Å². The molecule has 1 atom stereocenters. The lowest BCUT2D eigenvalue weighted by molar-refractivity contribution is 0.0342. The molecule has 1 aromatic heterocycles. The van der Waals surface area contributed by atoms with E-state index in [2.05, 4.69) is 40.7 Å². The van der Waals surface area contributed by atoms with Crippen molar-refractivity contribution in [3.8, 4) is 0 Å². The highest BCUT2D eigenvalue weighted by atomic mass is 16.3. The lowest BCUT2D eigenvalue weighted by Gasteiger charge is -2.23. The Labute approximate surface area is 126 Å². The fourth-order valence-electron chi connectivity index (χ4n) is 3.39. The van der Waals surface area contributed by atoms with Crippen LogP contribution < -0.4 is 0 Å². The molecule has 1 fully saturated rings. The summed E-state index contributed by atoms with van der Waals surface area (Å²) in [5.41, 5.74) is 0.835. The number of imidazole rings is 1. The van der Waals surface area contributed by atoms with Crippen LogP contribution in [-0.2, 0) is 6.54 Å². The second-order valence-corrected chi connectivity index (χ2v) is 6.29. The van der Waals surface area contributed by atoms with Gasteiger partial charge in [-0.05, 0) is 24.8 Å². The molecule has 1 unspecified atom stereocenters. The molecule has 1 aromatic carbocycles. The second kappa shape index (κ2) is 6.02. The van der Waals surface area contributed by atoms with E-state index in [-0.39, 0.29) is 5.92 Å². The topological polar surface area (TPSA) is 38.0 Å². The fraction of sp³-hybridized carbons (Fsp3) is 0.500. The van der Waals surface area contributed by atoms with Crippen molar-refractivity contribution in [3.05, 3.63) is 54.1 Å². The van der Waals surface area contributed by atoms with Crippen LogP contribution in [0.3, 0.4) is 0 Å². The summed E-state index contributed by atoms with van der Waals surface area (Å²) in [6.07, 6.45) is 8.95. The van der Waals surface area contributed by atoms with Crippen LogP contribution in [0.4, 0.5) is 0 Å². The van der Waals surface area contributed by atoms with Gasteiger partial charge in [0.25, 0.3) is 0 Å². The van der Waals surface area contributed by atoms with E-state index in [9.17, 15) is 5.11 Å². The first-order valence-corrected chi connectivity index (χ1v) is 7.96. The Morgan fingerprint density at radius 3 is 2.67 bits per heavy atom. The van der Waals surface area contributed by atoms with Crippen LogP contribution in [-0.4, -0.2) is 20.3 Å². The maximum absolute atomic E-state index is 10.5. The average molecular weight is 284 g/mol. The molecule has 3 rings (SSSR count). The molecular weight excluding hydrogens is 260 g/mol. The summed E-state index contributed by atoms with van der Waals surface area (Å²) < 4.78 is 2.20. The minimum atomic E-state index is -0.447. The van der Waals surface area contributed by atoms with Gasteiger partial charge in [-0.3, -0.25) is 0 Å². The molecule has 1 aliphatic rings. The van der Waals surface area contributed by atoms with Gasteiger partial charge in [-0.2, -0.15) is 0 Å². The Morgan fingerprint density at radius 2 is 1.95 bits per heavy atom. The van der Waals surface area contributed by atoms with Crippen LogP contribution in [0.5, 0.6) is 0 Å². The third-order valence-electron chi connectivity index (χ3n) is 4.79. The van der Waals surface area contributed by atoms with Gasteiger partial charge in [0.2, 0.25) is 0 Å². The molecule has 0 spiro atoms. The molecule has 1 aliphatic carbocycles. The number of aryl methyl sites for hydroxylation is 1. The number of benzene rings is 1. The normalized spacial score (nSPS) is 18.8. The van der Waals surface area contributed by atoms with Gasteiger partial charge in [0.1, 0.15) is 5.82 Å². The SMILES string of the molecule is CC(c1ccccc1)c1nccn1CCC1(O)CCCC1. The van der Waals surface area contributed by atoms with E-state index in [1.807, 2.05) is 18.5 Å². The van der Waals surface area contributed by atoms with E-state index >= 15 is 0 Å². The van der Waals surface area contributed by atoms with Gasteiger partial charge in [-0.1, -0.05) is 50.1 Å². The molecule has 0 amide bonds. The molecule has 21 heavy (non-hydrogen) atoms. The minimum absolute atomic E-state index is 0.277. The minimum Gasteiger partial charge on any atom is -0.390 e. The summed E-state index contributed by atoms with van der Waals surface area (Å²) in [5.74, 6) is 1.36. The van der Waals surface area contributed by atoms with Gasteiger partial charge in [0.05, 0.1) is 5.60 Å². The molecule has 112 valence electrons. The Bertz CT molecular complexity index is 570. The summed E-state index contributed by atoms with van der Waals surface area (Å²) >= 11 is 0. The number of rotatable bonds is 5. The summed E-state index contributed by atoms with van der Waals surface area (Å²) in [7, 11) is 0. The molecule has 0 saturated heterocycles. The predicted molar refractivity (Wildman–Crippen MR) is 84.2 cm³/mol. The molecule has 0 radical (unpaired) electrons. The molecule has 2 aromatic rings. The van der Waals surface area contributed by atoms with Crippen LogP contribution in [0.15, 0.2) is 42.7 Å². The van der Waals surface area contributed by atoms with Crippen LogP contribution in [0.1, 0.15) is 56.3 Å². The molecule has 1 saturated carbocycles. The smallest absolute Gasteiger partial charge is 0.115 e. The number of aliphatic hydroxyl groups is 1. The number of nitrogens with zero attached hydrogens (tertiary/aromatic N) is 2. The first-order valence-electron chi connectivity index (χ1n) is 7.96. The van der Waals surface area contributed by atoms with E-state index in [1.54, 1.807) is 0 Å². The van der Waals surface area contributed by atoms with Crippen molar-refractivity contribution in [2.75, 3.05) is 0 Å². The van der Waals surface area contributed by atoms with Gasteiger partial charge >= 0.3 is 0 Å². The molecule has 0 aliphatic heterocycles. The highest BCUT2D eigenvalue weighted by molar-refractivity contribution is 5.24. The Hall–Kier alpha value is -1.61. The summed E-state index contributed by atoms with van der Waals surface area (Å²) in [6.45, 7) is 3.04. The number of aromatic nitrogens is 2. The van der Waals surface area contributed by atoms with Crippen molar-refractivity contribution in [2.45, 2.75) is 57.1 Å². The van der Waals surface area contributed by atoms with E-state index in [0.29, 0.717) is 0 Å². The van der Waals surface area contributed by atoms with E-state index in [4.69, 9.17) is 0 Å². The zero-order valence-corrected chi connectivity index (χ0v) is 12.7. The Kier molecular flexibility index (Phi) is 4.11. The lowest BCUT2D eigenvalue weighted by Crippen LogP contribution is -2.26. The van der Waals surface area contributed by atoms with Crippen LogP contribution >= 0.6 is 0 Å². The molecule has 0 bridgehead atoms. The molecule has 1 N–H and O–H groups in total. The largest absolute Gasteiger partial charge is 0.390 e. The van der Waals surface area contributed by atoms with Crippen LogP contribution in [0.2, 0.25) is 0 Å². The summed E-state index contributed by atoms with van der Waals surface area (Å²) in [5, 5.41) is 10.5. The summed E-state index contributed by atoms with van der Waals surface area (Å²) in [6, 6.07) is 10.5. The average Bonchev–Trinajstić information content (AvgIpc) is 3.15. The lowest BCUT2D eigenvalue weighted by atomic mass is 9.97. The molecule has 3 nitrogen and oxygen atoms in total. The zero-order valence-electron chi connectivity index (χ0n) is 12.7. The second-order valence-electron chi connectivity index (χ2n) is 6.29. The number of hydrogen-bond donors (Lipinski definition) is 1. The third-order valence-corrected chi connectivity index (χ3v) is 4.79. The standard InChI is InChI=1S/C18H24N2O/c1-15(16-7-3-2-4-8-16)17-19-12-14-20(17)13-11-18(21)9-5-6-10-18/h2-4,7-8,12,14-15,21H,5-6,9-11,13H2,1H3. The van der Waals surface area contributed by atoms with Crippen molar-refractivity contribution in [2.24, 2.45) is 0 Å². The maximum Gasteiger partial charge on any atom is 0.115 e. The van der Waals surface area contributed by atoms with Crippen molar-refractivity contribution in [1.82, 2.24) is 9.55 Å². The fourth-order valence-corrected chi connectivity index (χ4v) is 3.39. The molecule has 1 heterocycles. The molecule has 3 heteroatoms. The highest BCUT2D eigenvalue weighted by Crippen LogP contribution is 2.33. The van der Waals surface area contributed by atoms with Crippen LogP contribution in [0.25, 0.3) is 0 Å². The zero-order chi connectivity index (χ0) is 14.7. The van der Waals surface area contributed by atoms with Gasteiger partial charge in [-0.25, -0.2) is 4.98 Å². The Morgan fingerprint density at radius 1 is 1.24 bits per heavy atom. The Balaban J connectivity index is 1.72.